The molecule has 4 heteroatoms. The molecule has 0 aromatic heterocycles. The molecule has 4 atom stereocenters. The van der Waals surface area contributed by atoms with Crippen molar-refractivity contribution in [2.75, 3.05) is 26.2 Å². The van der Waals surface area contributed by atoms with E-state index in [1.165, 1.54) is 30.4 Å². The largest absolute Gasteiger partial charge is 0.340 e. The van der Waals surface area contributed by atoms with Gasteiger partial charge in [0.25, 0.3) is 0 Å². The van der Waals surface area contributed by atoms with Crippen LogP contribution in [0.2, 0.25) is 0 Å². The van der Waals surface area contributed by atoms with E-state index in [9.17, 15) is 4.79 Å². The van der Waals surface area contributed by atoms with Gasteiger partial charge in [0.1, 0.15) is 0 Å². The fourth-order valence-corrected chi connectivity index (χ4v) is 5.07. The van der Waals surface area contributed by atoms with Crippen LogP contribution >= 0.6 is 0 Å². The van der Waals surface area contributed by atoms with Crippen molar-refractivity contribution in [3.8, 4) is 0 Å². The van der Waals surface area contributed by atoms with E-state index in [1.54, 1.807) is 0 Å². The SMILES string of the molecule is Cc1ccccc1CN1CCN(C(=O)C2C3CCC(C3)C2N)CC1. The number of piperazine rings is 1. The number of rotatable bonds is 3. The van der Waals surface area contributed by atoms with Gasteiger partial charge in [-0.2, -0.15) is 0 Å². The Morgan fingerprint density at radius 1 is 1.12 bits per heavy atom. The molecule has 1 amide bonds. The minimum atomic E-state index is 0.103. The molecule has 2 N–H and O–H groups in total. The average molecular weight is 327 g/mol. The van der Waals surface area contributed by atoms with Crippen molar-refractivity contribution in [2.24, 2.45) is 23.5 Å². The minimum absolute atomic E-state index is 0.103. The smallest absolute Gasteiger partial charge is 0.227 e. The summed E-state index contributed by atoms with van der Waals surface area (Å²) in [4.78, 5) is 17.5. The third-order valence-corrected chi connectivity index (χ3v) is 6.60. The molecule has 2 saturated carbocycles. The second-order valence-electron chi connectivity index (χ2n) is 7.96. The minimum Gasteiger partial charge on any atom is -0.340 e. The fourth-order valence-electron chi connectivity index (χ4n) is 5.07. The molecule has 1 heterocycles. The van der Waals surface area contributed by atoms with Crippen molar-refractivity contribution in [3.63, 3.8) is 0 Å². The van der Waals surface area contributed by atoms with Crippen molar-refractivity contribution in [2.45, 2.75) is 38.8 Å². The first-order valence-electron chi connectivity index (χ1n) is 9.44. The summed E-state index contributed by atoms with van der Waals surface area (Å²) in [5.74, 6) is 1.60. The highest BCUT2D eigenvalue weighted by molar-refractivity contribution is 5.80. The van der Waals surface area contributed by atoms with Crippen LogP contribution in [0.3, 0.4) is 0 Å². The maximum absolute atomic E-state index is 12.9. The Balaban J connectivity index is 1.33. The maximum atomic E-state index is 12.9. The summed E-state index contributed by atoms with van der Waals surface area (Å²) < 4.78 is 0. The Bertz CT molecular complexity index is 607. The van der Waals surface area contributed by atoms with Crippen LogP contribution in [0.25, 0.3) is 0 Å². The number of nitrogens with zero attached hydrogens (tertiary/aromatic N) is 2. The molecule has 130 valence electrons. The number of fused-ring (bicyclic) bond motifs is 2. The summed E-state index contributed by atoms with van der Waals surface area (Å²) >= 11 is 0. The lowest BCUT2D eigenvalue weighted by Crippen LogP contribution is -2.53. The van der Waals surface area contributed by atoms with Gasteiger partial charge in [0.2, 0.25) is 5.91 Å². The highest BCUT2D eigenvalue weighted by Crippen LogP contribution is 2.48. The molecule has 24 heavy (non-hydrogen) atoms. The lowest BCUT2D eigenvalue weighted by Gasteiger charge is -2.38. The predicted octanol–water partition coefficient (Wildman–Crippen LogP) is 2.01. The number of amides is 1. The van der Waals surface area contributed by atoms with Crippen LogP contribution in [-0.2, 0) is 11.3 Å². The Hall–Kier alpha value is -1.39. The molecule has 1 saturated heterocycles. The summed E-state index contributed by atoms with van der Waals surface area (Å²) in [6, 6.07) is 8.69. The predicted molar refractivity (Wildman–Crippen MR) is 95.3 cm³/mol. The highest BCUT2D eigenvalue weighted by Gasteiger charge is 2.50. The molecule has 1 aromatic rings. The average Bonchev–Trinajstić information content (AvgIpc) is 3.18. The van der Waals surface area contributed by atoms with E-state index in [2.05, 4.69) is 41.0 Å². The standard InChI is InChI=1S/C20H29N3O/c1-14-4-2-3-5-17(14)13-22-8-10-23(11-9-22)20(24)18-15-6-7-16(12-15)19(18)21/h2-5,15-16,18-19H,6-13,21H2,1H3. The molecule has 0 radical (unpaired) electrons. The van der Waals surface area contributed by atoms with Gasteiger partial charge in [-0.3, -0.25) is 9.69 Å². The number of carbonyl (C=O) groups excluding carboxylic acids is 1. The number of carbonyl (C=O) groups is 1. The van der Waals surface area contributed by atoms with E-state index in [0.29, 0.717) is 17.7 Å². The van der Waals surface area contributed by atoms with E-state index in [-0.39, 0.29) is 12.0 Å². The van der Waals surface area contributed by atoms with E-state index < -0.39 is 0 Å². The van der Waals surface area contributed by atoms with Crippen molar-refractivity contribution in [3.05, 3.63) is 35.4 Å². The summed E-state index contributed by atoms with van der Waals surface area (Å²) in [6.45, 7) is 6.80. The monoisotopic (exact) mass is 327 g/mol. The number of benzene rings is 1. The van der Waals surface area contributed by atoms with Crippen molar-refractivity contribution in [1.82, 2.24) is 9.80 Å². The lowest BCUT2D eigenvalue weighted by molar-refractivity contribution is -0.139. The second kappa shape index (κ2) is 6.49. The number of hydrogen-bond donors (Lipinski definition) is 1. The van der Waals surface area contributed by atoms with Gasteiger partial charge in [-0.05, 0) is 49.1 Å². The third kappa shape index (κ3) is 2.86. The second-order valence-corrected chi connectivity index (χ2v) is 7.96. The molecule has 4 nitrogen and oxygen atoms in total. The van der Waals surface area contributed by atoms with Gasteiger partial charge in [0.15, 0.2) is 0 Å². The maximum Gasteiger partial charge on any atom is 0.227 e. The van der Waals surface area contributed by atoms with Crippen LogP contribution < -0.4 is 5.73 Å². The molecule has 4 rings (SSSR count). The number of aryl methyl sites for hydroxylation is 1. The van der Waals surface area contributed by atoms with E-state index in [4.69, 9.17) is 5.73 Å². The number of hydrogen-bond acceptors (Lipinski definition) is 3. The summed E-state index contributed by atoms with van der Waals surface area (Å²) in [5, 5.41) is 0. The number of nitrogens with two attached hydrogens (primary N) is 1. The van der Waals surface area contributed by atoms with Crippen molar-refractivity contribution in [1.29, 1.82) is 0 Å². The Morgan fingerprint density at radius 3 is 2.50 bits per heavy atom. The third-order valence-electron chi connectivity index (χ3n) is 6.60. The van der Waals surface area contributed by atoms with Gasteiger partial charge in [0, 0.05) is 38.8 Å². The Kier molecular flexibility index (Phi) is 4.35. The molecule has 2 bridgehead atoms. The van der Waals surface area contributed by atoms with Crippen LogP contribution in [-0.4, -0.2) is 47.9 Å². The molecule has 1 aliphatic heterocycles. The van der Waals surface area contributed by atoms with Gasteiger partial charge in [-0.1, -0.05) is 24.3 Å². The van der Waals surface area contributed by atoms with Gasteiger partial charge < -0.3 is 10.6 Å². The van der Waals surface area contributed by atoms with Crippen molar-refractivity contribution < 1.29 is 4.79 Å². The molecule has 2 aliphatic carbocycles. The quantitative estimate of drug-likeness (QED) is 0.924. The molecular formula is C20H29N3O. The first kappa shape index (κ1) is 16.1. The van der Waals surface area contributed by atoms with Crippen molar-refractivity contribution >= 4 is 5.91 Å². The van der Waals surface area contributed by atoms with Gasteiger partial charge in [-0.15, -0.1) is 0 Å². The zero-order valence-corrected chi connectivity index (χ0v) is 14.7. The van der Waals surface area contributed by atoms with E-state index >= 15 is 0 Å². The summed E-state index contributed by atoms with van der Waals surface area (Å²) in [6.07, 6.45) is 3.63. The molecule has 0 spiro atoms. The van der Waals surface area contributed by atoms with Crippen LogP contribution in [0.4, 0.5) is 0 Å². The van der Waals surface area contributed by atoms with Crippen LogP contribution in [0, 0.1) is 24.7 Å². The molecular weight excluding hydrogens is 298 g/mol. The highest BCUT2D eigenvalue weighted by atomic mass is 16.2. The Labute approximate surface area is 145 Å². The Morgan fingerprint density at radius 2 is 1.83 bits per heavy atom. The van der Waals surface area contributed by atoms with E-state index in [0.717, 1.165) is 32.7 Å². The van der Waals surface area contributed by atoms with Gasteiger partial charge in [0.05, 0.1) is 5.92 Å². The molecule has 3 aliphatic rings. The van der Waals surface area contributed by atoms with Crippen LogP contribution in [0.5, 0.6) is 0 Å². The van der Waals surface area contributed by atoms with Gasteiger partial charge in [-0.25, -0.2) is 0 Å². The normalized spacial score (nSPS) is 33.2. The first-order valence-corrected chi connectivity index (χ1v) is 9.44. The van der Waals surface area contributed by atoms with Gasteiger partial charge >= 0.3 is 0 Å². The van der Waals surface area contributed by atoms with E-state index in [1.807, 2.05) is 0 Å². The molecule has 1 aromatic carbocycles. The zero-order chi connectivity index (χ0) is 16.7. The zero-order valence-electron chi connectivity index (χ0n) is 14.7. The lowest BCUT2D eigenvalue weighted by atomic mass is 9.84. The van der Waals surface area contributed by atoms with Crippen LogP contribution in [0.15, 0.2) is 24.3 Å². The fraction of sp³-hybridized carbons (Fsp3) is 0.650. The molecule has 3 fully saturated rings. The molecule has 4 unspecified atom stereocenters. The first-order chi connectivity index (χ1) is 11.6. The topological polar surface area (TPSA) is 49.6 Å². The summed E-state index contributed by atoms with van der Waals surface area (Å²) in [7, 11) is 0. The van der Waals surface area contributed by atoms with Crippen LogP contribution in [0.1, 0.15) is 30.4 Å². The summed E-state index contributed by atoms with van der Waals surface area (Å²) in [5.41, 5.74) is 9.11.